The molecule has 0 aliphatic heterocycles. The molecule has 0 saturated heterocycles. The molecule has 0 radical (unpaired) electrons. The van der Waals surface area contributed by atoms with Gasteiger partial charge in [0.1, 0.15) is 9.88 Å². The molecule has 2 aromatic heterocycles. The number of aromatic nitrogens is 1. The highest BCUT2D eigenvalue weighted by Crippen LogP contribution is 2.33. The van der Waals surface area contributed by atoms with E-state index < -0.39 is 0 Å². The normalized spacial score (nSPS) is 10.7. The molecule has 0 bridgehead atoms. The first-order valence-electron chi connectivity index (χ1n) is 6.66. The van der Waals surface area contributed by atoms with Crippen molar-refractivity contribution in [3.05, 3.63) is 54.6 Å². The maximum Gasteiger partial charge on any atom is 0.281 e. The van der Waals surface area contributed by atoms with Gasteiger partial charge in [0.05, 0.1) is 21.4 Å². The Morgan fingerprint density at radius 2 is 1.92 bits per heavy atom. The van der Waals surface area contributed by atoms with Crippen molar-refractivity contribution in [3.8, 4) is 10.6 Å². The number of hydrazine groups is 1. The van der Waals surface area contributed by atoms with Crippen LogP contribution in [0.25, 0.3) is 10.6 Å². The van der Waals surface area contributed by atoms with E-state index in [4.69, 9.17) is 34.8 Å². The van der Waals surface area contributed by atoms with Crippen molar-refractivity contribution in [2.75, 3.05) is 5.43 Å². The topological polar surface area (TPSA) is 54.0 Å². The van der Waals surface area contributed by atoms with E-state index in [0.29, 0.717) is 31.3 Å². The van der Waals surface area contributed by atoms with Crippen molar-refractivity contribution in [1.82, 2.24) is 10.4 Å². The number of nitrogens with one attached hydrogen (secondary N) is 2. The van der Waals surface area contributed by atoms with Gasteiger partial charge in [0.15, 0.2) is 0 Å². The predicted molar refractivity (Wildman–Crippen MR) is 103 cm³/mol. The van der Waals surface area contributed by atoms with Crippen LogP contribution in [0.4, 0.5) is 5.69 Å². The summed E-state index contributed by atoms with van der Waals surface area (Å²) in [5.74, 6) is -0.312. The van der Waals surface area contributed by atoms with E-state index >= 15 is 0 Å². The third-order valence-corrected chi connectivity index (χ3v) is 5.78. The number of hydrogen-bond donors (Lipinski definition) is 2. The zero-order chi connectivity index (χ0) is 17.3. The smallest absolute Gasteiger partial charge is 0.281 e. The molecule has 0 saturated carbocycles. The monoisotopic (exact) mass is 417 g/mol. The molecule has 3 aromatic rings. The van der Waals surface area contributed by atoms with E-state index in [2.05, 4.69) is 15.8 Å². The van der Waals surface area contributed by atoms with Gasteiger partial charge in [-0.3, -0.25) is 15.6 Å². The van der Waals surface area contributed by atoms with Crippen molar-refractivity contribution >= 4 is 69.1 Å². The highest BCUT2D eigenvalue weighted by atomic mass is 35.5. The molecule has 3 rings (SSSR count). The van der Waals surface area contributed by atoms with E-state index in [1.165, 1.54) is 23.5 Å². The van der Waals surface area contributed by atoms with Crippen LogP contribution in [0.5, 0.6) is 0 Å². The molecule has 1 amide bonds. The molecule has 0 spiro atoms. The zero-order valence-corrected chi connectivity index (χ0v) is 16.1. The third-order valence-electron chi connectivity index (χ3n) is 3.08. The summed E-state index contributed by atoms with van der Waals surface area (Å²) in [4.78, 5) is 17.4. The minimum atomic E-state index is -0.312. The number of halogens is 3. The maximum absolute atomic E-state index is 12.4. The fourth-order valence-corrected chi connectivity index (χ4v) is 4.54. The summed E-state index contributed by atoms with van der Waals surface area (Å²) in [6.45, 7) is 1.80. The maximum atomic E-state index is 12.4. The second-order valence-corrected chi connectivity index (χ2v) is 7.80. The van der Waals surface area contributed by atoms with Gasteiger partial charge in [0, 0.05) is 16.0 Å². The van der Waals surface area contributed by atoms with Crippen molar-refractivity contribution in [2.45, 2.75) is 6.92 Å². The van der Waals surface area contributed by atoms with Gasteiger partial charge in [-0.1, -0.05) is 34.8 Å². The van der Waals surface area contributed by atoms with Crippen LogP contribution in [-0.4, -0.2) is 10.9 Å². The van der Waals surface area contributed by atoms with E-state index in [1.54, 1.807) is 18.3 Å². The molecule has 0 aliphatic rings. The van der Waals surface area contributed by atoms with Gasteiger partial charge >= 0.3 is 0 Å². The Morgan fingerprint density at radius 1 is 1.21 bits per heavy atom. The van der Waals surface area contributed by atoms with Crippen molar-refractivity contribution in [3.63, 3.8) is 0 Å². The number of hydrogen-bond acceptors (Lipinski definition) is 5. The van der Waals surface area contributed by atoms with Crippen LogP contribution in [0, 0.1) is 6.92 Å². The number of thiophene rings is 1. The lowest BCUT2D eigenvalue weighted by Crippen LogP contribution is -2.29. The average molecular weight is 419 g/mol. The Hall–Kier alpha value is -1.31. The van der Waals surface area contributed by atoms with Gasteiger partial charge in [-0.15, -0.1) is 11.3 Å². The highest BCUT2D eigenvalue weighted by molar-refractivity contribution is 7.17. The van der Waals surface area contributed by atoms with Crippen LogP contribution in [0.2, 0.25) is 15.1 Å². The molecule has 24 heavy (non-hydrogen) atoms. The molecular formula is C15H10Cl3N3OS2. The highest BCUT2D eigenvalue weighted by Gasteiger charge is 2.17. The molecule has 0 fully saturated rings. The van der Waals surface area contributed by atoms with E-state index in [0.717, 1.165) is 10.6 Å². The molecule has 2 heterocycles. The first-order chi connectivity index (χ1) is 11.5. The fourth-order valence-electron chi connectivity index (χ4n) is 1.95. The molecule has 1 aromatic carbocycles. The molecule has 124 valence electrons. The minimum Gasteiger partial charge on any atom is -0.295 e. The lowest BCUT2D eigenvalue weighted by molar-refractivity contribution is 0.0966. The zero-order valence-electron chi connectivity index (χ0n) is 12.2. The lowest BCUT2D eigenvalue weighted by Gasteiger charge is -2.11. The number of amides is 1. The van der Waals surface area contributed by atoms with Crippen LogP contribution in [-0.2, 0) is 0 Å². The number of nitrogens with zero attached hydrogens (tertiary/aromatic N) is 1. The summed E-state index contributed by atoms with van der Waals surface area (Å²) in [6, 6.07) is 5.04. The SMILES string of the molecule is Cc1nc(-c2ccsc2)sc1C(=O)NNc1c(Cl)cc(Cl)cc1Cl. The predicted octanol–water partition coefficient (Wildman–Crippen LogP) is 5.90. The van der Waals surface area contributed by atoms with Crippen LogP contribution in [0.3, 0.4) is 0 Å². The molecular weight excluding hydrogens is 409 g/mol. The Morgan fingerprint density at radius 3 is 2.54 bits per heavy atom. The van der Waals surface area contributed by atoms with Gasteiger partial charge in [0.25, 0.3) is 5.91 Å². The summed E-state index contributed by atoms with van der Waals surface area (Å²) in [5, 5.41) is 5.81. The summed E-state index contributed by atoms with van der Waals surface area (Å²) in [7, 11) is 0. The Balaban J connectivity index is 1.77. The molecule has 0 aliphatic carbocycles. The average Bonchev–Trinajstić information content (AvgIpc) is 3.14. The number of thiazole rings is 1. The van der Waals surface area contributed by atoms with E-state index in [-0.39, 0.29) is 5.91 Å². The number of carbonyl (C=O) groups excluding carboxylic acids is 1. The summed E-state index contributed by atoms with van der Waals surface area (Å²) >= 11 is 20.9. The number of rotatable bonds is 4. The number of carbonyl (C=O) groups is 1. The number of anilines is 1. The Bertz CT molecular complexity index is 871. The second kappa shape index (κ2) is 7.29. The molecule has 0 unspecified atom stereocenters. The standard InChI is InChI=1S/C15H10Cl3N3OS2/c1-7-13(24-15(19-7)8-2-3-23-6-8)14(22)21-20-12-10(17)4-9(16)5-11(12)18/h2-6,20H,1H3,(H,21,22). The second-order valence-electron chi connectivity index (χ2n) is 4.77. The van der Waals surface area contributed by atoms with Gasteiger partial charge < -0.3 is 0 Å². The molecule has 9 heteroatoms. The summed E-state index contributed by atoms with van der Waals surface area (Å²) in [5.41, 5.74) is 7.37. The quantitative estimate of drug-likeness (QED) is 0.519. The molecule has 0 atom stereocenters. The number of aryl methyl sites for hydroxylation is 1. The first kappa shape index (κ1) is 17.5. The van der Waals surface area contributed by atoms with Crippen LogP contribution < -0.4 is 10.9 Å². The summed E-state index contributed by atoms with van der Waals surface area (Å²) in [6.07, 6.45) is 0. The van der Waals surface area contributed by atoms with E-state index in [9.17, 15) is 4.79 Å². The van der Waals surface area contributed by atoms with Gasteiger partial charge in [-0.05, 0) is 30.5 Å². The van der Waals surface area contributed by atoms with Crippen molar-refractivity contribution in [2.24, 2.45) is 0 Å². The lowest BCUT2D eigenvalue weighted by atomic mass is 10.3. The van der Waals surface area contributed by atoms with Crippen molar-refractivity contribution < 1.29 is 4.79 Å². The van der Waals surface area contributed by atoms with Crippen LogP contribution in [0.1, 0.15) is 15.4 Å². The molecule has 2 N–H and O–H groups in total. The van der Waals surface area contributed by atoms with Crippen LogP contribution in [0.15, 0.2) is 29.0 Å². The van der Waals surface area contributed by atoms with Crippen LogP contribution >= 0.6 is 57.5 Å². The summed E-state index contributed by atoms with van der Waals surface area (Å²) < 4.78 is 0. The van der Waals surface area contributed by atoms with Crippen molar-refractivity contribution in [1.29, 1.82) is 0 Å². The fraction of sp³-hybridized carbons (Fsp3) is 0.0667. The van der Waals surface area contributed by atoms with Gasteiger partial charge in [-0.2, -0.15) is 11.3 Å². The van der Waals surface area contributed by atoms with E-state index in [1.807, 2.05) is 16.8 Å². The largest absolute Gasteiger partial charge is 0.295 e. The Kier molecular flexibility index (Phi) is 5.32. The minimum absolute atomic E-state index is 0.312. The molecule has 4 nitrogen and oxygen atoms in total. The number of benzene rings is 1. The first-order valence-corrected chi connectivity index (χ1v) is 9.56. The van der Waals surface area contributed by atoms with Gasteiger partial charge in [0.2, 0.25) is 0 Å². The Labute approximate surface area is 161 Å². The van der Waals surface area contributed by atoms with Gasteiger partial charge in [-0.25, -0.2) is 4.98 Å². The third kappa shape index (κ3) is 3.68.